The van der Waals surface area contributed by atoms with E-state index in [1.807, 2.05) is 0 Å². The third-order valence-electron chi connectivity index (χ3n) is 6.02. The molecule has 38 heavy (non-hydrogen) atoms. The number of ketones is 1. The van der Waals surface area contributed by atoms with Gasteiger partial charge in [0.05, 0.1) is 17.2 Å². The van der Waals surface area contributed by atoms with E-state index in [4.69, 9.17) is 32.7 Å². The summed E-state index contributed by atoms with van der Waals surface area (Å²) in [6, 6.07) is 12.6. The van der Waals surface area contributed by atoms with Crippen molar-refractivity contribution in [1.82, 2.24) is 0 Å². The number of hydrogen-bond donors (Lipinski definition) is 0. The molecule has 3 aromatic rings. The van der Waals surface area contributed by atoms with Gasteiger partial charge in [-0.3, -0.25) is 4.79 Å². The van der Waals surface area contributed by atoms with Crippen molar-refractivity contribution in [3.05, 3.63) is 86.9 Å². The van der Waals surface area contributed by atoms with Crippen molar-refractivity contribution < 1.29 is 66.9 Å². The number of aryl methyl sites for hydroxylation is 1. The molecule has 4 rings (SSSR count). The number of carboxylic acids is 1. The topological polar surface area (TPSA) is 75.7 Å². The summed E-state index contributed by atoms with van der Waals surface area (Å²) in [6.45, 7) is 0.231. The molecule has 1 aliphatic rings. The number of carbonyl (C=O) groups excluding carboxylic acids is 2. The first-order valence-electron chi connectivity index (χ1n) is 11.4. The molecule has 3 aromatic carbocycles. The average molecular weight is 575 g/mol. The smallest absolute Gasteiger partial charge is 0.549 e. The van der Waals surface area contributed by atoms with E-state index in [2.05, 4.69) is 0 Å². The van der Waals surface area contributed by atoms with Crippen molar-refractivity contribution in [3.63, 3.8) is 0 Å². The van der Waals surface area contributed by atoms with Crippen LogP contribution in [0.2, 0.25) is 10.0 Å². The molecule has 0 radical (unpaired) electrons. The molecular formula is C27H20Cl2F3NaO5. The number of rotatable bonds is 8. The van der Waals surface area contributed by atoms with Crippen molar-refractivity contribution in [1.29, 1.82) is 0 Å². The fourth-order valence-electron chi connectivity index (χ4n) is 4.06. The van der Waals surface area contributed by atoms with Crippen LogP contribution in [0.1, 0.15) is 52.2 Å². The molecule has 5 nitrogen and oxygen atoms in total. The minimum Gasteiger partial charge on any atom is -0.549 e. The molecule has 0 N–H and O–H groups in total. The first-order chi connectivity index (χ1) is 17.5. The summed E-state index contributed by atoms with van der Waals surface area (Å²) in [5.41, 5.74) is 0.610. The van der Waals surface area contributed by atoms with E-state index in [1.54, 1.807) is 24.3 Å². The molecule has 0 aliphatic carbocycles. The van der Waals surface area contributed by atoms with Crippen LogP contribution in [0.4, 0.5) is 13.2 Å². The number of halogens is 5. The number of fused-ring (bicyclic) bond motifs is 1. The van der Waals surface area contributed by atoms with Gasteiger partial charge in [-0.25, -0.2) is 0 Å². The van der Waals surface area contributed by atoms with Crippen molar-refractivity contribution in [3.8, 4) is 17.2 Å². The van der Waals surface area contributed by atoms with Crippen LogP contribution in [-0.4, -0.2) is 18.4 Å². The minimum atomic E-state index is -4.46. The van der Waals surface area contributed by atoms with E-state index in [0.717, 1.165) is 12.1 Å². The summed E-state index contributed by atoms with van der Waals surface area (Å²) in [5, 5.41) is 11.6. The summed E-state index contributed by atoms with van der Waals surface area (Å²) in [7, 11) is 0. The fraction of sp³-hybridized carbons (Fsp3) is 0.259. The maximum absolute atomic E-state index is 12.8. The Kier molecular flexibility index (Phi) is 10.2. The molecule has 194 valence electrons. The van der Waals surface area contributed by atoms with Gasteiger partial charge in [-0.1, -0.05) is 29.3 Å². The fourth-order valence-corrected chi connectivity index (χ4v) is 4.54. The zero-order valence-corrected chi connectivity index (χ0v) is 23.8. The van der Waals surface area contributed by atoms with Gasteiger partial charge in [0.1, 0.15) is 17.2 Å². The Morgan fingerprint density at radius 1 is 1.03 bits per heavy atom. The maximum Gasteiger partial charge on any atom is 1.00 e. The number of Topliss-reactive ketones (excluding diaryl/α,β-unsaturated/α-hetero) is 1. The van der Waals surface area contributed by atoms with Gasteiger partial charge in [0.25, 0.3) is 0 Å². The van der Waals surface area contributed by atoms with Crippen LogP contribution in [-0.2, 0) is 17.4 Å². The van der Waals surface area contributed by atoms with Gasteiger partial charge in [-0.2, -0.15) is 13.2 Å². The van der Waals surface area contributed by atoms with Crippen LogP contribution < -0.4 is 44.1 Å². The van der Waals surface area contributed by atoms with E-state index >= 15 is 0 Å². The predicted octanol–water partition coefficient (Wildman–Crippen LogP) is 3.63. The number of benzene rings is 3. The van der Waals surface area contributed by atoms with Gasteiger partial charge >= 0.3 is 35.7 Å². The third-order valence-corrected chi connectivity index (χ3v) is 6.67. The first-order valence-corrected chi connectivity index (χ1v) is 12.1. The molecule has 1 atom stereocenters. The second-order valence-corrected chi connectivity index (χ2v) is 9.35. The molecular weight excluding hydrogens is 555 g/mol. The molecule has 0 fully saturated rings. The Balaban J connectivity index is 0.00000400. The van der Waals surface area contributed by atoms with E-state index < -0.39 is 23.6 Å². The number of carbonyl (C=O) groups is 2. The molecule has 11 heteroatoms. The second kappa shape index (κ2) is 12.7. The zero-order valence-electron chi connectivity index (χ0n) is 20.2. The maximum atomic E-state index is 12.8. The van der Waals surface area contributed by atoms with Crippen molar-refractivity contribution in [2.45, 2.75) is 37.8 Å². The van der Waals surface area contributed by atoms with E-state index in [9.17, 15) is 27.9 Å². The van der Waals surface area contributed by atoms with Crippen molar-refractivity contribution >= 4 is 35.0 Å². The standard InChI is InChI=1S/C27H21Cl2F3O5.Na/c28-21-12-17(27(30,31)32)7-4-15(21)2-1-3-23(33)16-5-8-18(9-6-16)37-25-14-24-20(13-22(25)29)19(26(34)35)10-11-36-24;/h4-9,12-14,19H,1-3,10-11H2,(H,34,35);/q;+1/p-1. The second-order valence-electron chi connectivity index (χ2n) is 8.54. The number of alkyl halides is 3. The number of ether oxygens (including phenoxy) is 2. The summed E-state index contributed by atoms with van der Waals surface area (Å²) in [4.78, 5) is 23.9. The monoisotopic (exact) mass is 574 g/mol. The molecule has 0 amide bonds. The van der Waals surface area contributed by atoms with Gasteiger partial charge in [-0.15, -0.1) is 0 Å². The predicted molar refractivity (Wildman–Crippen MR) is 130 cm³/mol. The van der Waals surface area contributed by atoms with Crippen LogP contribution in [0.3, 0.4) is 0 Å². The Morgan fingerprint density at radius 3 is 2.37 bits per heavy atom. The van der Waals surface area contributed by atoms with Gasteiger partial charge in [0, 0.05) is 40.5 Å². The quantitative estimate of drug-likeness (QED) is 0.303. The Bertz CT molecular complexity index is 1330. The van der Waals surface area contributed by atoms with E-state index in [1.165, 1.54) is 18.2 Å². The van der Waals surface area contributed by atoms with Crippen LogP contribution >= 0.6 is 23.2 Å². The van der Waals surface area contributed by atoms with Gasteiger partial charge in [0.2, 0.25) is 0 Å². The summed E-state index contributed by atoms with van der Waals surface area (Å²) in [5.74, 6) is -1.11. The normalized spacial score (nSPS) is 14.6. The van der Waals surface area contributed by atoms with Crippen LogP contribution in [0.5, 0.6) is 17.2 Å². The molecule has 1 aliphatic heterocycles. The number of carboxylic acid groups (broad SMARTS) is 1. The molecule has 0 bridgehead atoms. The van der Waals surface area contributed by atoms with E-state index in [-0.39, 0.29) is 64.2 Å². The van der Waals surface area contributed by atoms with Crippen molar-refractivity contribution in [2.75, 3.05) is 6.61 Å². The SMILES string of the molecule is O=C(CCCc1ccc(C(F)(F)F)cc1Cl)c1ccc(Oc2cc3c(cc2Cl)C(C(=O)[O-])CCO3)cc1.[Na+]. The zero-order chi connectivity index (χ0) is 26.7. The Labute approximate surface area is 249 Å². The van der Waals surface area contributed by atoms with Crippen molar-refractivity contribution in [2.24, 2.45) is 0 Å². The summed E-state index contributed by atoms with van der Waals surface area (Å²) in [6.07, 6.45) is -3.21. The van der Waals surface area contributed by atoms with Crippen LogP contribution in [0, 0.1) is 0 Å². The summed E-state index contributed by atoms with van der Waals surface area (Å²) < 4.78 is 49.7. The van der Waals surface area contributed by atoms with E-state index in [0.29, 0.717) is 47.5 Å². The summed E-state index contributed by atoms with van der Waals surface area (Å²) >= 11 is 12.3. The van der Waals surface area contributed by atoms with Crippen LogP contribution in [0.15, 0.2) is 54.6 Å². The Morgan fingerprint density at radius 2 is 1.74 bits per heavy atom. The van der Waals surface area contributed by atoms with Gasteiger partial charge in [-0.05, 0) is 67.3 Å². The van der Waals surface area contributed by atoms with Crippen LogP contribution in [0.25, 0.3) is 0 Å². The minimum absolute atomic E-state index is 0. The molecule has 0 spiro atoms. The molecule has 1 heterocycles. The van der Waals surface area contributed by atoms with Gasteiger partial charge < -0.3 is 19.4 Å². The first kappa shape index (κ1) is 30.3. The van der Waals surface area contributed by atoms with Gasteiger partial charge in [0.15, 0.2) is 5.78 Å². The molecule has 0 aromatic heterocycles. The Hall–Kier alpha value is -2.23. The number of aliphatic carboxylic acids is 1. The molecule has 1 unspecified atom stereocenters. The molecule has 0 saturated carbocycles. The number of hydrogen-bond acceptors (Lipinski definition) is 5. The molecule has 0 saturated heterocycles. The third kappa shape index (κ3) is 7.24. The largest absolute Gasteiger partial charge is 1.00 e. The average Bonchev–Trinajstić information content (AvgIpc) is 2.84.